The predicted molar refractivity (Wildman–Crippen MR) is 112 cm³/mol. The molecule has 2 aliphatic heterocycles. The van der Waals surface area contributed by atoms with Crippen LogP contribution in [-0.4, -0.2) is 29.1 Å². The lowest BCUT2D eigenvalue weighted by atomic mass is 9.61. The SMILES string of the molecule is CC(C)(C)C[C@H]1N[C@@H](C(=O)O)[C@H](CC(C)(C)C)[C@@]12C(=O)Nc1cc(Cl)ccc12. The summed E-state index contributed by atoms with van der Waals surface area (Å²) in [7, 11) is 0. The van der Waals surface area contributed by atoms with E-state index in [1.807, 2.05) is 6.07 Å². The van der Waals surface area contributed by atoms with Gasteiger partial charge >= 0.3 is 5.97 Å². The molecule has 0 aliphatic carbocycles. The first-order chi connectivity index (χ1) is 12.8. The number of amides is 1. The summed E-state index contributed by atoms with van der Waals surface area (Å²) >= 11 is 6.17. The van der Waals surface area contributed by atoms with Gasteiger partial charge in [0.2, 0.25) is 5.91 Å². The Bertz CT molecular complexity index is 809. The standard InChI is InChI=1S/C22H31ClN2O3/c1-20(2,3)10-14-17(18(26)27)25-16(11-21(4,5)6)22(14)13-8-7-12(23)9-15(13)24-19(22)28/h7-9,14,16-17,25H,10-11H2,1-6H3,(H,24,28)(H,26,27)/t14-,16+,17+,22+/m0/s1. The summed E-state index contributed by atoms with van der Waals surface area (Å²) < 4.78 is 0. The van der Waals surface area contributed by atoms with Gasteiger partial charge in [0.25, 0.3) is 0 Å². The van der Waals surface area contributed by atoms with E-state index in [4.69, 9.17) is 11.6 Å². The van der Waals surface area contributed by atoms with E-state index in [0.29, 0.717) is 23.6 Å². The van der Waals surface area contributed by atoms with Gasteiger partial charge in [-0.25, -0.2) is 0 Å². The lowest BCUT2D eigenvalue weighted by Gasteiger charge is -2.39. The van der Waals surface area contributed by atoms with E-state index < -0.39 is 17.4 Å². The predicted octanol–water partition coefficient (Wildman–Crippen LogP) is 4.44. The number of carboxylic acids is 1. The fourth-order valence-corrected chi connectivity index (χ4v) is 5.21. The van der Waals surface area contributed by atoms with Gasteiger partial charge in [0.15, 0.2) is 0 Å². The van der Waals surface area contributed by atoms with E-state index >= 15 is 0 Å². The molecule has 28 heavy (non-hydrogen) atoms. The number of aliphatic carboxylic acids is 1. The van der Waals surface area contributed by atoms with Crippen LogP contribution in [0.5, 0.6) is 0 Å². The number of hydrogen-bond acceptors (Lipinski definition) is 3. The summed E-state index contributed by atoms with van der Waals surface area (Å²) in [6.45, 7) is 12.6. The number of hydrogen-bond donors (Lipinski definition) is 3. The number of fused-ring (bicyclic) bond motifs is 2. The van der Waals surface area contributed by atoms with Crippen molar-refractivity contribution in [1.82, 2.24) is 5.32 Å². The third-order valence-corrected chi connectivity index (χ3v) is 6.12. The molecular formula is C22H31ClN2O3. The molecule has 1 spiro atoms. The number of anilines is 1. The lowest BCUT2D eigenvalue weighted by Crippen LogP contribution is -2.51. The minimum Gasteiger partial charge on any atom is -0.480 e. The van der Waals surface area contributed by atoms with Gasteiger partial charge in [-0.1, -0.05) is 59.2 Å². The highest BCUT2D eigenvalue weighted by Crippen LogP contribution is 2.55. The molecule has 0 radical (unpaired) electrons. The monoisotopic (exact) mass is 406 g/mol. The van der Waals surface area contributed by atoms with Crippen molar-refractivity contribution in [3.8, 4) is 0 Å². The summed E-state index contributed by atoms with van der Waals surface area (Å²) in [5.74, 6) is -1.38. The molecular weight excluding hydrogens is 376 g/mol. The molecule has 3 rings (SSSR count). The highest BCUT2D eigenvalue weighted by atomic mass is 35.5. The van der Waals surface area contributed by atoms with Crippen LogP contribution in [0.4, 0.5) is 5.69 Å². The lowest BCUT2D eigenvalue weighted by molar-refractivity contribution is -0.140. The van der Waals surface area contributed by atoms with Gasteiger partial charge in [-0.05, 0) is 41.4 Å². The minimum atomic E-state index is -0.927. The van der Waals surface area contributed by atoms with E-state index in [2.05, 4.69) is 52.2 Å². The molecule has 0 bridgehead atoms. The molecule has 1 aromatic rings. The third-order valence-electron chi connectivity index (χ3n) is 5.88. The Morgan fingerprint density at radius 1 is 1.14 bits per heavy atom. The minimum absolute atomic E-state index is 0.0696. The van der Waals surface area contributed by atoms with Crippen LogP contribution in [-0.2, 0) is 15.0 Å². The zero-order valence-electron chi connectivity index (χ0n) is 17.5. The fourth-order valence-electron chi connectivity index (χ4n) is 5.04. The van der Waals surface area contributed by atoms with Gasteiger partial charge in [-0.2, -0.15) is 0 Å². The molecule has 1 saturated heterocycles. The molecule has 4 atom stereocenters. The Morgan fingerprint density at radius 3 is 2.29 bits per heavy atom. The summed E-state index contributed by atoms with van der Waals surface area (Å²) in [5.41, 5.74) is 0.437. The number of halogens is 1. The van der Waals surface area contributed by atoms with Gasteiger partial charge in [0, 0.05) is 22.7 Å². The van der Waals surface area contributed by atoms with Crippen molar-refractivity contribution in [1.29, 1.82) is 0 Å². The Kier molecular flexibility index (Phi) is 5.08. The summed E-state index contributed by atoms with van der Waals surface area (Å²) in [6, 6.07) is 4.40. The van der Waals surface area contributed by atoms with Crippen LogP contribution >= 0.6 is 11.6 Å². The second kappa shape index (κ2) is 6.74. The molecule has 5 nitrogen and oxygen atoms in total. The molecule has 6 heteroatoms. The Balaban J connectivity index is 2.24. The van der Waals surface area contributed by atoms with Crippen LogP contribution in [0.3, 0.4) is 0 Å². The molecule has 0 saturated carbocycles. The number of benzene rings is 1. The second-order valence-corrected chi connectivity index (χ2v) is 11.1. The number of carbonyl (C=O) groups is 2. The van der Waals surface area contributed by atoms with Crippen molar-refractivity contribution in [2.45, 2.75) is 71.9 Å². The van der Waals surface area contributed by atoms with E-state index in [0.717, 1.165) is 5.56 Å². The third kappa shape index (κ3) is 3.55. The average Bonchev–Trinajstić information content (AvgIpc) is 2.94. The zero-order chi connectivity index (χ0) is 21.1. The topological polar surface area (TPSA) is 78.4 Å². The quantitative estimate of drug-likeness (QED) is 0.693. The van der Waals surface area contributed by atoms with Crippen molar-refractivity contribution < 1.29 is 14.7 Å². The molecule has 0 aromatic heterocycles. The Morgan fingerprint density at radius 2 is 1.75 bits per heavy atom. The van der Waals surface area contributed by atoms with E-state index in [-0.39, 0.29) is 28.7 Å². The van der Waals surface area contributed by atoms with Crippen molar-refractivity contribution in [2.75, 3.05) is 5.32 Å². The Labute approximate surface area is 172 Å². The van der Waals surface area contributed by atoms with Gasteiger partial charge < -0.3 is 10.4 Å². The Hall–Kier alpha value is -1.59. The maximum atomic E-state index is 13.5. The van der Waals surface area contributed by atoms with Gasteiger partial charge in [-0.15, -0.1) is 0 Å². The number of carbonyl (C=O) groups excluding carboxylic acids is 1. The fraction of sp³-hybridized carbons (Fsp3) is 0.636. The van der Waals surface area contributed by atoms with E-state index in [9.17, 15) is 14.7 Å². The molecule has 1 aromatic carbocycles. The van der Waals surface area contributed by atoms with Crippen LogP contribution < -0.4 is 10.6 Å². The first-order valence-electron chi connectivity index (χ1n) is 9.86. The average molecular weight is 407 g/mol. The molecule has 1 fully saturated rings. The number of nitrogens with one attached hydrogen (secondary N) is 2. The van der Waals surface area contributed by atoms with E-state index in [1.165, 1.54) is 0 Å². The smallest absolute Gasteiger partial charge is 0.321 e. The highest BCUT2D eigenvalue weighted by Gasteiger charge is 2.65. The second-order valence-electron chi connectivity index (χ2n) is 10.7. The van der Waals surface area contributed by atoms with Crippen LogP contribution in [0.15, 0.2) is 18.2 Å². The summed E-state index contributed by atoms with van der Waals surface area (Å²) in [5, 5.41) is 16.9. The van der Waals surface area contributed by atoms with Crippen LogP contribution in [0, 0.1) is 16.7 Å². The van der Waals surface area contributed by atoms with Gasteiger partial charge in [0.05, 0.1) is 5.41 Å². The number of rotatable bonds is 3. The largest absolute Gasteiger partial charge is 0.480 e. The van der Waals surface area contributed by atoms with Crippen LogP contribution in [0.2, 0.25) is 5.02 Å². The van der Waals surface area contributed by atoms with Gasteiger partial charge in [0.1, 0.15) is 6.04 Å². The number of carboxylic acid groups (broad SMARTS) is 1. The van der Waals surface area contributed by atoms with Crippen molar-refractivity contribution in [3.05, 3.63) is 28.8 Å². The maximum absolute atomic E-state index is 13.5. The van der Waals surface area contributed by atoms with Gasteiger partial charge in [-0.3, -0.25) is 14.9 Å². The molecule has 1 amide bonds. The summed E-state index contributed by atoms with van der Waals surface area (Å²) in [6.07, 6.45) is 1.31. The molecule has 2 heterocycles. The molecule has 2 aliphatic rings. The normalized spacial score (nSPS) is 29.8. The zero-order valence-corrected chi connectivity index (χ0v) is 18.3. The van der Waals surface area contributed by atoms with Crippen LogP contribution in [0.25, 0.3) is 0 Å². The van der Waals surface area contributed by atoms with Crippen LogP contribution in [0.1, 0.15) is 59.9 Å². The first kappa shape index (κ1) is 21.1. The maximum Gasteiger partial charge on any atom is 0.321 e. The molecule has 0 unspecified atom stereocenters. The summed E-state index contributed by atoms with van der Waals surface area (Å²) in [4.78, 5) is 25.7. The van der Waals surface area contributed by atoms with Crippen molar-refractivity contribution >= 4 is 29.2 Å². The highest BCUT2D eigenvalue weighted by molar-refractivity contribution is 6.31. The molecule has 3 N–H and O–H groups in total. The molecule has 154 valence electrons. The first-order valence-corrected chi connectivity index (χ1v) is 10.2. The van der Waals surface area contributed by atoms with Crippen molar-refractivity contribution in [2.24, 2.45) is 16.7 Å². The van der Waals surface area contributed by atoms with Crippen molar-refractivity contribution in [3.63, 3.8) is 0 Å². The van der Waals surface area contributed by atoms with E-state index in [1.54, 1.807) is 12.1 Å².